The lowest BCUT2D eigenvalue weighted by Gasteiger charge is -2.20. The van der Waals surface area contributed by atoms with Crippen LogP contribution >= 0.6 is 12.2 Å². The summed E-state index contributed by atoms with van der Waals surface area (Å²) in [6.07, 6.45) is 1.09. The molecule has 1 aromatic heterocycles. The Morgan fingerprint density at radius 3 is 2.74 bits per heavy atom. The van der Waals surface area contributed by atoms with E-state index in [2.05, 4.69) is 9.84 Å². The van der Waals surface area contributed by atoms with Crippen molar-refractivity contribution in [1.82, 2.24) is 9.78 Å². The first-order valence-electron chi connectivity index (χ1n) is 5.99. The molecule has 106 valence electrons. The molecular weight excluding hydrogens is 264 g/mol. The summed E-state index contributed by atoms with van der Waals surface area (Å²) in [7, 11) is 5.16. The predicted molar refractivity (Wildman–Crippen MR) is 78.4 cm³/mol. The molecule has 0 saturated carbocycles. The van der Waals surface area contributed by atoms with E-state index in [1.54, 1.807) is 4.68 Å². The highest BCUT2D eigenvalue weighted by Gasteiger charge is 2.18. The highest BCUT2D eigenvalue weighted by molar-refractivity contribution is 7.80. The zero-order valence-corrected chi connectivity index (χ0v) is 12.6. The van der Waals surface area contributed by atoms with Crippen LogP contribution in [-0.4, -0.2) is 41.4 Å². The number of hydrogen-bond acceptors (Lipinski definition) is 5. The van der Waals surface area contributed by atoms with Crippen LogP contribution in [0.2, 0.25) is 0 Å². The van der Waals surface area contributed by atoms with Gasteiger partial charge < -0.3 is 15.4 Å². The lowest BCUT2D eigenvalue weighted by molar-refractivity contribution is -0.140. The SMILES string of the molecule is COC(=O)CCCN(C)c1c(C(N)=S)c(C)nn1C. The van der Waals surface area contributed by atoms with Gasteiger partial charge in [-0.05, 0) is 13.3 Å². The van der Waals surface area contributed by atoms with Gasteiger partial charge in [-0.25, -0.2) is 0 Å². The Bertz CT molecular complexity index is 484. The van der Waals surface area contributed by atoms with Crippen molar-refractivity contribution in [2.75, 3.05) is 25.6 Å². The number of carbonyl (C=O) groups is 1. The van der Waals surface area contributed by atoms with Crippen molar-refractivity contribution in [3.05, 3.63) is 11.3 Å². The van der Waals surface area contributed by atoms with Gasteiger partial charge in [-0.1, -0.05) is 12.2 Å². The fourth-order valence-corrected chi connectivity index (χ4v) is 2.28. The summed E-state index contributed by atoms with van der Waals surface area (Å²) in [4.78, 5) is 13.4. The molecule has 1 heterocycles. The van der Waals surface area contributed by atoms with Gasteiger partial charge in [-0.2, -0.15) is 5.10 Å². The molecule has 0 aliphatic carbocycles. The number of hydrogen-bond donors (Lipinski definition) is 1. The predicted octanol–water partition coefficient (Wildman–Crippen LogP) is 0.752. The van der Waals surface area contributed by atoms with Crippen molar-refractivity contribution in [2.24, 2.45) is 12.8 Å². The van der Waals surface area contributed by atoms with Crippen molar-refractivity contribution >= 4 is 29.0 Å². The van der Waals surface area contributed by atoms with Crippen LogP contribution in [0.3, 0.4) is 0 Å². The first-order chi connectivity index (χ1) is 8.88. The van der Waals surface area contributed by atoms with Gasteiger partial charge in [0, 0.05) is 27.1 Å². The maximum Gasteiger partial charge on any atom is 0.305 e. The Labute approximate surface area is 118 Å². The van der Waals surface area contributed by atoms with Gasteiger partial charge in [0.15, 0.2) is 0 Å². The standard InChI is InChI=1S/C12H20N4O2S/c1-8-10(11(13)19)12(16(3)14-8)15(2)7-5-6-9(17)18-4/h5-7H2,1-4H3,(H2,13,19). The molecule has 1 rings (SSSR count). The molecule has 0 atom stereocenters. The monoisotopic (exact) mass is 284 g/mol. The number of methoxy groups -OCH3 is 1. The lowest BCUT2D eigenvalue weighted by Crippen LogP contribution is -2.25. The average Bonchev–Trinajstić information content (AvgIpc) is 2.63. The van der Waals surface area contributed by atoms with E-state index < -0.39 is 0 Å². The quantitative estimate of drug-likeness (QED) is 0.614. The van der Waals surface area contributed by atoms with Gasteiger partial charge in [0.2, 0.25) is 0 Å². The molecular formula is C12H20N4O2S. The maximum absolute atomic E-state index is 11.1. The van der Waals surface area contributed by atoms with E-state index in [0.29, 0.717) is 24.4 Å². The number of nitrogens with two attached hydrogens (primary N) is 1. The topological polar surface area (TPSA) is 73.4 Å². The Kier molecular flexibility index (Phi) is 5.29. The van der Waals surface area contributed by atoms with Gasteiger partial charge in [-0.15, -0.1) is 0 Å². The van der Waals surface area contributed by atoms with Crippen molar-refractivity contribution in [3.8, 4) is 0 Å². The average molecular weight is 284 g/mol. The minimum Gasteiger partial charge on any atom is -0.469 e. The summed E-state index contributed by atoms with van der Waals surface area (Å²) in [5.41, 5.74) is 7.34. The number of carbonyl (C=O) groups excluding carboxylic acids is 1. The van der Waals surface area contributed by atoms with Crippen LogP contribution in [0.4, 0.5) is 5.82 Å². The molecule has 0 radical (unpaired) electrons. The lowest BCUT2D eigenvalue weighted by atomic mass is 10.2. The molecule has 0 fully saturated rings. The number of rotatable bonds is 6. The van der Waals surface area contributed by atoms with E-state index in [-0.39, 0.29) is 5.97 Å². The number of esters is 1. The minimum absolute atomic E-state index is 0.204. The van der Waals surface area contributed by atoms with Crippen molar-refractivity contribution in [1.29, 1.82) is 0 Å². The zero-order chi connectivity index (χ0) is 14.6. The maximum atomic E-state index is 11.1. The largest absolute Gasteiger partial charge is 0.469 e. The highest BCUT2D eigenvalue weighted by Crippen LogP contribution is 2.22. The summed E-state index contributed by atoms with van der Waals surface area (Å²) in [5.74, 6) is 0.666. The Morgan fingerprint density at radius 2 is 2.21 bits per heavy atom. The molecule has 1 aromatic rings. The number of aryl methyl sites for hydroxylation is 2. The van der Waals surface area contributed by atoms with Crippen LogP contribution in [0.1, 0.15) is 24.1 Å². The summed E-state index contributed by atoms with van der Waals surface area (Å²) in [6, 6.07) is 0. The van der Waals surface area contributed by atoms with Crippen molar-refractivity contribution in [2.45, 2.75) is 19.8 Å². The van der Waals surface area contributed by atoms with Crippen LogP contribution in [0.25, 0.3) is 0 Å². The van der Waals surface area contributed by atoms with Gasteiger partial charge in [-0.3, -0.25) is 9.48 Å². The smallest absolute Gasteiger partial charge is 0.305 e. The molecule has 0 aromatic carbocycles. The third-order valence-electron chi connectivity index (χ3n) is 2.90. The molecule has 0 spiro atoms. The second kappa shape index (κ2) is 6.51. The van der Waals surface area contributed by atoms with Crippen molar-refractivity contribution < 1.29 is 9.53 Å². The zero-order valence-electron chi connectivity index (χ0n) is 11.8. The summed E-state index contributed by atoms with van der Waals surface area (Å²) in [6.45, 7) is 2.57. The Balaban J connectivity index is 2.79. The van der Waals surface area contributed by atoms with E-state index in [0.717, 1.165) is 17.1 Å². The van der Waals surface area contributed by atoms with Crippen LogP contribution in [-0.2, 0) is 16.6 Å². The van der Waals surface area contributed by atoms with Gasteiger partial charge >= 0.3 is 5.97 Å². The van der Waals surface area contributed by atoms with E-state index in [1.165, 1.54) is 7.11 Å². The van der Waals surface area contributed by atoms with Crippen LogP contribution in [0, 0.1) is 6.92 Å². The van der Waals surface area contributed by atoms with Crippen LogP contribution in [0.15, 0.2) is 0 Å². The third-order valence-corrected chi connectivity index (χ3v) is 3.11. The van der Waals surface area contributed by atoms with Crippen LogP contribution < -0.4 is 10.6 Å². The molecule has 0 unspecified atom stereocenters. The first kappa shape index (κ1) is 15.4. The summed E-state index contributed by atoms with van der Waals surface area (Å²) in [5, 5.41) is 4.33. The summed E-state index contributed by atoms with van der Waals surface area (Å²) >= 11 is 5.07. The third kappa shape index (κ3) is 3.66. The normalized spacial score (nSPS) is 10.3. The molecule has 0 bridgehead atoms. The number of nitrogens with zero attached hydrogens (tertiary/aromatic N) is 3. The molecule has 0 saturated heterocycles. The van der Waals surface area contributed by atoms with E-state index in [4.69, 9.17) is 18.0 Å². The fourth-order valence-electron chi connectivity index (χ4n) is 2.04. The Hall–Kier alpha value is -1.63. The molecule has 6 nitrogen and oxygen atoms in total. The number of anilines is 1. The fraction of sp³-hybridized carbons (Fsp3) is 0.583. The molecule has 0 aliphatic heterocycles. The van der Waals surface area contributed by atoms with Gasteiger partial charge in [0.05, 0.1) is 18.4 Å². The summed E-state index contributed by atoms with van der Waals surface area (Å²) < 4.78 is 6.36. The molecule has 7 heteroatoms. The first-order valence-corrected chi connectivity index (χ1v) is 6.40. The van der Waals surface area contributed by atoms with E-state index >= 15 is 0 Å². The van der Waals surface area contributed by atoms with Crippen molar-refractivity contribution in [3.63, 3.8) is 0 Å². The second-order valence-corrected chi connectivity index (χ2v) is 4.81. The van der Waals surface area contributed by atoms with E-state index in [9.17, 15) is 4.79 Å². The number of aromatic nitrogens is 2. The number of thiocarbonyl (C=S) groups is 1. The van der Waals surface area contributed by atoms with Gasteiger partial charge in [0.1, 0.15) is 10.8 Å². The minimum atomic E-state index is -0.204. The van der Waals surface area contributed by atoms with Gasteiger partial charge in [0.25, 0.3) is 0 Å². The Morgan fingerprint density at radius 1 is 1.58 bits per heavy atom. The highest BCUT2D eigenvalue weighted by atomic mass is 32.1. The molecule has 0 amide bonds. The molecule has 19 heavy (non-hydrogen) atoms. The molecule has 0 aliphatic rings. The molecule has 2 N–H and O–H groups in total. The number of ether oxygens (including phenoxy) is 1. The second-order valence-electron chi connectivity index (χ2n) is 4.37. The van der Waals surface area contributed by atoms with E-state index in [1.807, 2.05) is 25.9 Å². The van der Waals surface area contributed by atoms with Crippen LogP contribution in [0.5, 0.6) is 0 Å².